The van der Waals surface area contributed by atoms with Crippen molar-refractivity contribution >= 4 is 22.8 Å². The van der Waals surface area contributed by atoms with Crippen molar-refractivity contribution in [3.8, 4) is 0 Å². The van der Waals surface area contributed by atoms with Crippen molar-refractivity contribution in [3.05, 3.63) is 45.2 Å². The molecule has 0 spiro atoms. The van der Waals surface area contributed by atoms with Crippen molar-refractivity contribution in [3.63, 3.8) is 0 Å². The second-order valence-electron chi connectivity index (χ2n) is 6.40. The van der Waals surface area contributed by atoms with Crippen LogP contribution in [0.2, 0.25) is 0 Å². The number of rotatable bonds is 4. The summed E-state index contributed by atoms with van der Waals surface area (Å²) in [6.07, 6.45) is 3.37. The van der Waals surface area contributed by atoms with Crippen molar-refractivity contribution in [2.75, 3.05) is 6.61 Å². The number of carbonyl (C=O) groups excluding carboxylic acids is 2. The lowest BCUT2D eigenvalue weighted by atomic mass is 9.92. The molecule has 1 aliphatic heterocycles. The predicted molar refractivity (Wildman–Crippen MR) is 94.7 cm³/mol. The normalized spacial score (nSPS) is 15.9. The first kappa shape index (κ1) is 17.2. The van der Waals surface area contributed by atoms with Crippen LogP contribution in [0.5, 0.6) is 0 Å². The van der Waals surface area contributed by atoms with Crippen molar-refractivity contribution < 1.29 is 14.3 Å². The van der Waals surface area contributed by atoms with Crippen LogP contribution < -0.4 is 10.7 Å². The summed E-state index contributed by atoms with van der Waals surface area (Å²) in [6.45, 7) is 5.93. The van der Waals surface area contributed by atoms with E-state index in [0.717, 1.165) is 29.5 Å². The van der Waals surface area contributed by atoms with E-state index in [1.54, 1.807) is 19.2 Å². The van der Waals surface area contributed by atoms with E-state index >= 15 is 0 Å². The molecule has 1 unspecified atom stereocenters. The van der Waals surface area contributed by atoms with E-state index in [9.17, 15) is 14.4 Å². The van der Waals surface area contributed by atoms with Crippen LogP contribution in [-0.2, 0) is 22.5 Å². The number of aromatic nitrogens is 1. The van der Waals surface area contributed by atoms with Gasteiger partial charge in [0.05, 0.1) is 12.1 Å². The molecule has 6 nitrogen and oxygen atoms in total. The second-order valence-corrected chi connectivity index (χ2v) is 6.40. The second kappa shape index (κ2) is 6.70. The summed E-state index contributed by atoms with van der Waals surface area (Å²) in [7, 11) is 0. The van der Waals surface area contributed by atoms with Crippen LogP contribution in [-0.4, -0.2) is 23.1 Å². The third kappa shape index (κ3) is 3.04. The molecule has 1 aromatic heterocycles. The van der Waals surface area contributed by atoms with Crippen molar-refractivity contribution in [2.24, 2.45) is 0 Å². The SMILES string of the molecule is CCOC(=O)c1cn2c3c(c(CNC(C)=O)ccc3c1=O)CCC2C. The van der Waals surface area contributed by atoms with E-state index in [0.29, 0.717) is 11.9 Å². The average molecular weight is 342 g/mol. The van der Waals surface area contributed by atoms with Crippen molar-refractivity contribution in [1.82, 2.24) is 9.88 Å². The molecular weight excluding hydrogens is 320 g/mol. The molecule has 2 heterocycles. The highest BCUT2D eigenvalue weighted by atomic mass is 16.5. The summed E-state index contributed by atoms with van der Waals surface area (Å²) < 4.78 is 7.03. The van der Waals surface area contributed by atoms with Gasteiger partial charge in [-0.3, -0.25) is 9.59 Å². The number of amides is 1. The number of benzene rings is 1. The molecule has 132 valence electrons. The number of ether oxygens (including phenoxy) is 1. The number of carbonyl (C=O) groups is 2. The van der Waals surface area contributed by atoms with Gasteiger partial charge in [-0.2, -0.15) is 0 Å². The quantitative estimate of drug-likeness (QED) is 0.865. The van der Waals surface area contributed by atoms with Gasteiger partial charge in [0.1, 0.15) is 5.56 Å². The Balaban J connectivity index is 2.23. The fraction of sp³-hybridized carbons (Fsp3) is 0.421. The third-order valence-electron chi connectivity index (χ3n) is 4.71. The summed E-state index contributed by atoms with van der Waals surface area (Å²) in [5.41, 5.74) is 2.71. The lowest BCUT2D eigenvalue weighted by Gasteiger charge is -2.28. The van der Waals surface area contributed by atoms with E-state index < -0.39 is 5.97 Å². The van der Waals surface area contributed by atoms with Gasteiger partial charge in [0.25, 0.3) is 0 Å². The minimum Gasteiger partial charge on any atom is -0.462 e. The first-order valence-electron chi connectivity index (χ1n) is 8.55. The molecular formula is C19H22N2O4. The smallest absolute Gasteiger partial charge is 0.343 e. The van der Waals surface area contributed by atoms with Crippen LogP contribution in [0.15, 0.2) is 23.1 Å². The zero-order valence-electron chi connectivity index (χ0n) is 14.7. The van der Waals surface area contributed by atoms with E-state index in [2.05, 4.69) is 12.2 Å². The molecule has 0 bridgehead atoms. The van der Waals surface area contributed by atoms with E-state index in [1.807, 2.05) is 10.6 Å². The van der Waals surface area contributed by atoms with Gasteiger partial charge in [0.15, 0.2) is 0 Å². The van der Waals surface area contributed by atoms with Crippen LogP contribution >= 0.6 is 0 Å². The molecule has 1 aliphatic rings. The Hall–Kier alpha value is -2.63. The largest absolute Gasteiger partial charge is 0.462 e. The molecule has 25 heavy (non-hydrogen) atoms. The average Bonchev–Trinajstić information content (AvgIpc) is 2.58. The van der Waals surface area contributed by atoms with Gasteiger partial charge in [-0.1, -0.05) is 6.07 Å². The number of hydrogen-bond acceptors (Lipinski definition) is 4. The number of nitrogens with zero attached hydrogens (tertiary/aromatic N) is 1. The van der Waals surface area contributed by atoms with Gasteiger partial charge in [-0.05, 0) is 43.9 Å². The molecule has 1 aromatic carbocycles. The Morgan fingerprint density at radius 1 is 1.36 bits per heavy atom. The highest BCUT2D eigenvalue weighted by molar-refractivity contribution is 5.95. The monoisotopic (exact) mass is 342 g/mol. The molecule has 0 saturated heterocycles. The van der Waals surface area contributed by atoms with Crippen LogP contribution in [0.1, 0.15) is 54.7 Å². The standard InChI is InChI=1S/C19H22N2O4/c1-4-25-19(24)16-10-21-11(2)5-7-14-13(9-20-12(3)22)6-8-15(17(14)21)18(16)23/h6,8,10-11H,4-5,7,9H2,1-3H3,(H,20,22). The molecule has 0 radical (unpaired) electrons. The molecule has 0 aliphatic carbocycles. The van der Waals surface area contributed by atoms with Gasteiger partial charge in [-0.15, -0.1) is 0 Å². The maximum atomic E-state index is 12.8. The topological polar surface area (TPSA) is 77.4 Å². The number of nitrogens with one attached hydrogen (secondary N) is 1. The zero-order chi connectivity index (χ0) is 18.1. The van der Waals surface area contributed by atoms with Crippen LogP contribution in [0.25, 0.3) is 10.9 Å². The Labute approximate surface area is 145 Å². The minimum absolute atomic E-state index is 0.0728. The lowest BCUT2D eigenvalue weighted by Crippen LogP contribution is -2.26. The summed E-state index contributed by atoms with van der Waals surface area (Å²) in [6, 6.07) is 3.79. The molecule has 0 fully saturated rings. The Morgan fingerprint density at radius 3 is 2.80 bits per heavy atom. The maximum Gasteiger partial charge on any atom is 0.343 e. The van der Waals surface area contributed by atoms with Crippen LogP contribution in [0.3, 0.4) is 0 Å². The molecule has 3 rings (SSSR count). The lowest BCUT2D eigenvalue weighted by molar-refractivity contribution is -0.119. The predicted octanol–water partition coefficient (Wildman–Crippen LogP) is 2.32. The first-order valence-corrected chi connectivity index (χ1v) is 8.55. The van der Waals surface area contributed by atoms with Gasteiger partial charge in [0.2, 0.25) is 11.3 Å². The Morgan fingerprint density at radius 2 is 2.12 bits per heavy atom. The van der Waals surface area contributed by atoms with Crippen molar-refractivity contribution in [2.45, 2.75) is 46.2 Å². The van der Waals surface area contributed by atoms with Crippen LogP contribution in [0, 0.1) is 0 Å². The number of esters is 1. The third-order valence-corrected chi connectivity index (χ3v) is 4.71. The van der Waals surface area contributed by atoms with E-state index in [-0.39, 0.29) is 29.5 Å². The number of pyridine rings is 1. The highest BCUT2D eigenvalue weighted by Crippen LogP contribution is 2.32. The van der Waals surface area contributed by atoms with Crippen molar-refractivity contribution in [1.29, 1.82) is 0 Å². The van der Waals surface area contributed by atoms with Gasteiger partial charge >= 0.3 is 5.97 Å². The molecule has 1 amide bonds. The fourth-order valence-electron chi connectivity index (χ4n) is 3.42. The zero-order valence-corrected chi connectivity index (χ0v) is 14.7. The fourth-order valence-corrected chi connectivity index (χ4v) is 3.42. The van der Waals surface area contributed by atoms with Gasteiger partial charge < -0.3 is 14.6 Å². The first-order chi connectivity index (χ1) is 11.9. The highest BCUT2D eigenvalue weighted by Gasteiger charge is 2.24. The van der Waals surface area contributed by atoms with E-state index in [1.165, 1.54) is 6.92 Å². The number of hydrogen-bond donors (Lipinski definition) is 1. The molecule has 2 aromatic rings. The minimum atomic E-state index is -0.584. The molecule has 0 saturated carbocycles. The molecule has 1 atom stereocenters. The summed E-state index contributed by atoms with van der Waals surface area (Å²) >= 11 is 0. The number of aryl methyl sites for hydroxylation is 1. The van der Waals surface area contributed by atoms with Gasteiger partial charge in [-0.25, -0.2) is 4.79 Å². The van der Waals surface area contributed by atoms with Crippen LogP contribution in [0.4, 0.5) is 0 Å². The molecule has 1 N–H and O–H groups in total. The summed E-state index contributed by atoms with van der Waals surface area (Å²) in [5.74, 6) is -0.675. The summed E-state index contributed by atoms with van der Waals surface area (Å²) in [4.78, 5) is 36.2. The Kier molecular flexibility index (Phi) is 4.61. The Bertz CT molecular complexity index is 914. The van der Waals surface area contributed by atoms with Gasteiger partial charge in [0, 0.05) is 31.1 Å². The molecule has 6 heteroatoms. The van der Waals surface area contributed by atoms with E-state index in [4.69, 9.17) is 4.74 Å². The summed E-state index contributed by atoms with van der Waals surface area (Å²) in [5, 5.41) is 3.34. The maximum absolute atomic E-state index is 12.8.